The topological polar surface area (TPSA) is 139 Å². The molecule has 2 aromatic carbocycles. The second-order valence-corrected chi connectivity index (χ2v) is 13.6. The number of carbonyl (C=O) groups is 2. The maximum atomic E-state index is 15.1. The molecule has 0 bridgehead atoms. The Hall–Kier alpha value is -5.44. The zero-order chi connectivity index (χ0) is 39.1. The molecule has 1 fully saturated rings. The van der Waals surface area contributed by atoms with Crippen molar-refractivity contribution in [1.29, 1.82) is 0 Å². The van der Waals surface area contributed by atoms with Crippen LogP contribution in [0.2, 0.25) is 0 Å². The van der Waals surface area contributed by atoms with E-state index in [1.165, 1.54) is 29.8 Å². The smallest absolute Gasteiger partial charge is 0.417 e. The summed E-state index contributed by atoms with van der Waals surface area (Å²) < 4.78 is 52.3. The van der Waals surface area contributed by atoms with Crippen LogP contribution in [0, 0.1) is 6.92 Å². The second kappa shape index (κ2) is 17.4. The number of likely N-dealkylation sites (N-methyl/N-ethyl adjacent to an activating group) is 1. The lowest BCUT2D eigenvalue weighted by Crippen LogP contribution is -2.37. The number of ether oxygens (including phenoxy) is 1. The molecule has 3 aromatic heterocycles. The standard InChI is InChI=1S/C41H44F3N7O4/c1-25-31(26-16-17-51-36(19-26)48-22-28(40(51)54)21-47-23-29(45-2)7-6-18-52)8-4-9-32(25)33-10-5-11-34(38(33)41(42,43)44)35-14-12-27(39(50-35)55-3)20-46-24-30-13-15-37(53)49-30/h4-5,8-12,14,16-19,22,29-30,45-47H,6-7,13,15,20-21,23-24H2,1-3H3,(H,49,53)/t29-,30-/m0/s1. The number of nitrogens with zero attached hydrogens (tertiary/aromatic N) is 3. The SMILES string of the molecule is CN[C@@H](CCC=O)CNCc1cnc2cc(-c3cccc(-c4cccc(-c5ccc(CNC[C@@H]6CCC(=O)N6)c(OC)n5)c4C(F)(F)F)c3C)ccn2c1=O. The molecule has 6 rings (SSSR count). The normalized spacial score (nSPS) is 14.9. The molecule has 0 unspecified atom stereocenters. The number of aldehydes is 1. The van der Waals surface area contributed by atoms with Crippen LogP contribution in [0.4, 0.5) is 13.2 Å². The van der Waals surface area contributed by atoms with Crippen molar-refractivity contribution < 1.29 is 27.5 Å². The van der Waals surface area contributed by atoms with Crippen LogP contribution in [0.25, 0.3) is 39.2 Å². The van der Waals surface area contributed by atoms with Crippen LogP contribution in [0.1, 0.15) is 47.9 Å². The average Bonchev–Trinajstić information content (AvgIpc) is 3.60. The van der Waals surface area contributed by atoms with Crippen LogP contribution in [0.15, 0.2) is 77.9 Å². The molecule has 0 saturated carbocycles. The zero-order valence-corrected chi connectivity index (χ0v) is 30.9. The van der Waals surface area contributed by atoms with Crippen molar-refractivity contribution in [2.75, 3.05) is 27.2 Å². The third kappa shape index (κ3) is 8.93. The van der Waals surface area contributed by atoms with Gasteiger partial charge in [0.1, 0.15) is 11.9 Å². The van der Waals surface area contributed by atoms with Crippen molar-refractivity contribution >= 4 is 17.8 Å². The lowest BCUT2D eigenvalue weighted by atomic mass is 9.88. The van der Waals surface area contributed by atoms with E-state index < -0.39 is 11.7 Å². The van der Waals surface area contributed by atoms with Gasteiger partial charge in [-0.3, -0.25) is 14.0 Å². The number of fused-ring (bicyclic) bond motifs is 1. The molecule has 0 spiro atoms. The van der Waals surface area contributed by atoms with Crippen LogP contribution < -0.4 is 31.6 Å². The van der Waals surface area contributed by atoms with Gasteiger partial charge >= 0.3 is 6.18 Å². The molecule has 0 radical (unpaired) electrons. The third-order valence-electron chi connectivity index (χ3n) is 10.0. The van der Waals surface area contributed by atoms with Gasteiger partial charge in [-0.2, -0.15) is 13.2 Å². The fourth-order valence-corrected chi connectivity index (χ4v) is 7.08. The summed E-state index contributed by atoms with van der Waals surface area (Å²) in [6.07, 6.45) is 1.67. The fraction of sp³-hybridized carbons (Fsp3) is 0.341. The minimum absolute atomic E-state index is 0.00779. The third-order valence-corrected chi connectivity index (χ3v) is 10.0. The van der Waals surface area contributed by atoms with E-state index in [4.69, 9.17) is 4.74 Å². The van der Waals surface area contributed by atoms with Crippen molar-refractivity contribution in [3.8, 4) is 39.4 Å². The number of benzene rings is 2. The summed E-state index contributed by atoms with van der Waals surface area (Å²) in [5.74, 6) is 0.226. The molecule has 1 saturated heterocycles. The highest BCUT2D eigenvalue weighted by atomic mass is 19.4. The largest absolute Gasteiger partial charge is 0.481 e. The molecule has 4 heterocycles. The molecule has 5 aromatic rings. The number of halogens is 3. The highest BCUT2D eigenvalue weighted by molar-refractivity contribution is 5.84. The van der Waals surface area contributed by atoms with E-state index in [2.05, 4.69) is 31.2 Å². The minimum atomic E-state index is -4.72. The van der Waals surface area contributed by atoms with Gasteiger partial charge in [0.2, 0.25) is 11.8 Å². The van der Waals surface area contributed by atoms with Crippen molar-refractivity contribution in [2.45, 2.75) is 64.0 Å². The van der Waals surface area contributed by atoms with Gasteiger partial charge in [0, 0.05) is 80.2 Å². The van der Waals surface area contributed by atoms with E-state index in [9.17, 15) is 14.4 Å². The summed E-state index contributed by atoms with van der Waals surface area (Å²) in [6.45, 7) is 3.55. The van der Waals surface area contributed by atoms with Crippen molar-refractivity contribution in [1.82, 2.24) is 35.6 Å². The van der Waals surface area contributed by atoms with Crippen LogP contribution in [0.3, 0.4) is 0 Å². The number of aromatic nitrogens is 3. The highest BCUT2D eigenvalue weighted by Gasteiger charge is 2.37. The van der Waals surface area contributed by atoms with Gasteiger partial charge in [0.15, 0.2) is 0 Å². The molecule has 1 aliphatic heterocycles. The number of rotatable bonds is 16. The van der Waals surface area contributed by atoms with Gasteiger partial charge in [0.25, 0.3) is 5.56 Å². The van der Waals surface area contributed by atoms with E-state index >= 15 is 13.2 Å². The van der Waals surface area contributed by atoms with E-state index in [0.717, 1.165) is 12.7 Å². The Bertz CT molecular complexity index is 2240. The first-order valence-electron chi connectivity index (χ1n) is 18.2. The number of hydrogen-bond acceptors (Lipinski definition) is 9. The number of nitrogens with one attached hydrogen (secondary N) is 4. The first-order valence-corrected chi connectivity index (χ1v) is 18.2. The quantitative estimate of drug-likeness (QED) is 0.0969. The summed E-state index contributed by atoms with van der Waals surface area (Å²) >= 11 is 0. The Morgan fingerprint density at radius 2 is 1.75 bits per heavy atom. The van der Waals surface area contributed by atoms with Gasteiger partial charge in [-0.25, -0.2) is 9.97 Å². The molecular weight excluding hydrogens is 711 g/mol. The van der Waals surface area contributed by atoms with E-state index in [1.807, 2.05) is 13.1 Å². The molecular formula is C41H44F3N7O4. The molecule has 11 nitrogen and oxygen atoms in total. The number of carbonyl (C=O) groups excluding carboxylic acids is 2. The van der Waals surface area contributed by atoms with E-state index in [-0.39, 0.29) is 46.3 Å². The minimum Gasteiger partial charge on any atom is -0.481 e. The van der Waals surface area contributed by atoms with Crippen molar-refractivity contribution in [3.05, 3.63) is 106 Å². The molecule has 1 amide bonds. The molecule has 55 heavy (non-hydrogen) atoms. The summed E-state index contributed by atoms with van der Waals surface area (Å²) in [6, 6.07) is 16.6. The molecule has 288 valence electrons. The van der Waals surface area contributed by atoms with Crippen LogP contribution in [0.5, 0.6) is 5.88 Å². The fourth-order valence-electron chi connectivity index (χ4n) is 7.08. The Morgan fingerprint density at radius 3 is 2.45 bits per heavy atom. The Kier molecular flexibility index (Phi) is 12.4. The van der Waals surface area contributed by atoms with Gasteiger partial charge in [0.05, 0.1) is 18.4 Å². The van der Waals surface area contributed by atoms with Gasteiger partial charge < -0.3 is 30.8 Å². The first kappa shape index (κ1) is 39.3. The number of methoxy groups -OCH3 is 1. The van der Waals surface area contributed by atoms with Gasteiger partial charge in [-0.15, -0.1) is 0 Å². The number of alkyl halides is 3. The number of amides is 1. The van der Waals surface area contributed by atoms with Crippen molar-refractivity contribution in [2.24, 2.45) is 0 Å². The van der Waals surface area contributed by atoms with Crippen molar-refractivity contribution in [3.63, 3.8) is 0 Å². The highest BCUT2D eigenvalue weighted by Crippen LogP contribution is 2.45. The second-order valence-electron chi connectivity index (χ2n) is 13.6. The van der Waals surface area contributed by atoms with Crippen LogP contribution in [-0.4, -0.2) is 65.9 Å². The molecule has 0 aliphatic carbocycles. The maximum absolute atomic E-state index is 15.1. The summed E-state index contributed by atoms with van der Waals surface area (Å²) in [5.41, 5.74) is 2.96. The van der Waals surface area contributed by atoms with Crippen LogP contribution >= 0.6 is 0 Å². The molecule has 14 heteroatoms. The predicted octanol–water partition coefficient (Wildman–Crippen LogP) is 5.45. The lowest BCUT2D eigenvalue weighted by Gasteiger charge is -2.20. The zero-order valence-electron chi connectivity index (χ0n) is 30.9. The molecule has 4 N–H and O–H groups in total. The average molecular weight is 756 g/mol. The number of hydrogen-bond donors (Lipinski definition) is 4. The van der Waals surface area contributed by atoms with Crippen LogP contribution in [-0.2, 0) is 28.9 Å². The predicted molar refractivity (Wildman–Crippen MR) is 205 cm³/mol. The molecule has 2 atom stereocenters. The van der Waals surface area contributed by atoms with E-state index in [0.29, 0.717) is 84.5 Å². The lowest BCUT2D eigenvalue weighted by molar-refractivity contribution is -0.136. The maximum Gasteiger partial charge on any atom is 0.417 e. The van der Waals surface area contributed by atoms with E-state index in [1.54, 1.807) is 55.6 Å². The Labute approximate surface area is 316 Å². The Morgan fingerprint density at radius 1 is 1.00 bits per heavy atom. The summed E-state index contributed by atoms with van der Waals surface area (Å²) in [7, 11) is 3.25. The Balaban J connectivity index is 1.28. The summed E-state index contributed by atoms with van der Waals surface area (Å²) in [5, 5.41) is 12.6. The molecule has 1 aliphatic rings. The first-order chi connectivity index (χ1) is 26.5. The number of pyridine rings is 2. The monoisotopic (exact) mass is 755 g/mol. The van der Waals surface area contributed by atoms with Gasteiger partial charge in [-0.05, 0) is 72.8 Å². The van der Waals surface area contributed by atoms with Gasteiger partial charge in [-0.1, -0.05) is 42.5 Å². The summed E-state index contributed by atoms with van der Waals surface area (Å²) in [4.78, 5) is 44.6.